The van der Waals surface area contributed by atoms with E-state index in [1.807, 2.05) is 53.4 Å². The zero-order valence-corrected chi connectivity index (χ0v) is 15.3. The van der Waals surface area contributed by atoms with Crippen LogP contribution in [-0.4, -0.2) is 22.1 Å². The van der Waals surface area contributed by atoms with E-state index in [4.69, 9.17) is 11.6 Å². The molecule has 1 aromatic heterocycles. The summed E-state index contributed by atoms with van der Waals surface area (Å²) in [6, 6.07) is 18.0. The van der Waals surface area contributed by atoms with Crippen molar-refractivity contribution in [1.82, 2.24) is 9.99 Å². The van der Waals surface area contributed by atoms with E-state index in [-0.39, 0.29) is 0 Å². The number of rotatable bonds is 4. The van der Waals surface area contributed by atoms with E-state index in [1.165, 1.54) is 0 Å². The molecule has 0 aliphatic carbocycles. The van der Waals surface area contributed by atoms with Crippen LogP contribution in [0.3, 0.4) is 0 Å². The Bertz CT molecular complexity index is 962. The lowest BCUT2D eigenvalue weighted by Crippen LogP contribution is -2.32. The van der Waals surface area contributed by atoms with E-state index >= 15 is 0 Å². The SMILES string of the molecule is CC(=NNC(=O)C(=O)Nc1ccc(Cl)cc1)c1ccc(-n2cccc2)cc1. The van der Waals surface area contributed by atoms with Crippen molar-refractivity contribution in [3.63, 3.8) is 0 Å². The molecule has 0 bridgehead atoms. The number of hydrogen-bond donors (Lipinski definition) is 2. The quantitative estimate of drug-likeness (QED) is 0.412. The van der Waals surface area contributed by atoms with Gasteiger partial charge >= 0.3 is 11.8 Å². The van der Waals surface area contributed by atoms with Gasteiger partial charge in [-0.1, -0.05) is 23.7 Å². The molecule has 2 N–H and O–H groups in total. The first kappa shape index (κ1) is 18.4. The number of amides is 2. The fourth-order valence-corrected chi connectivity index (χ4v) is 2.48. The van der Waals surface area contributed by atoms with E-state index in [9.17, 15) is 9.59 Å². The van der Waals surface area contributed by atoms with Gasteiger partial charge < -0.3 is 9.88 Å². The van der Waals surface area contributed by atoms with Crippen molar-refractivity contribution in [3.05, 3.63) is 83.6 Å². The first-order valence-corrected chi connectivity index (χ1v) is 8.56. The van der Waals surface area contributed by atoms with Gasteiger partial charge in [-0.2, -0.15) is 5.10 Å². The standard InChI is InChI=1S/C20H17ClN4O2/c1-14(15-4-10-18(11-5-15)25-12-2-3-13-25)23-24-20(27)19(26)22-17-8-6-16(21)7-9-17/h2-13H,1H3,(H,22,26)(H,24,27). The van der Waals surface area contributed by atoms with E-state index in [1.54, 1.807) is 31.2 Å². The van der Waals surface area contributed by atoms with E-state index in [2.05, 4.69) is 15.8 Å². The lowest BCUT2D eigenvalue weighted by Gasteiger charge is -2.06. The molecule has 3 rings (SSSR count). The Morgan fingerprint density at radius 3 is 2.19 bits per heavy atom. The molecule has 0 saturated carbocycles. The molecule has 7 heteroatoms. The van der Waals surface area contributed by atoms with Gasteiger partial charge in [-0.05, 0) is 61.0 Å². The number of hydrogen-bond acceptors (Lipinski definition) is 3. The number of nitrogens with one attached hydrogen (secondary N) is 2. The highest BCUT2D eigenvalue weighted by molar-refractivity contribution is 6.39. The highest BCUT2D eigenvalue weighted by atomic mass is 35.5. The molecular weight excluding hydrogens is 364 g/mol. The second-order valence-electron chi connectivity index (χ2n) is 5.74. The van der Waals surface area contributed by atoms with Gasteiger partial charge in [0.05, 0.1) is 5.71 Å². The van der Waals surface area contributed by atoms with Crippen molar-refractivity contribution in [3.8, 4) is 5.69 Å². The lowest BCUT2D eigenvalue weighted by molar-refractivity contribution is -0.136. The maximum Gasteiger partial charge on any atom is 0.329 e. The van der Waals surface area contributed by atoms with Crippen LogP contribution in [0.25, 0.3) is 5.69 Å². The van der Waals surface area contributed by atoms with Crippen molar-refractivity contribution < 1.29 is 9.59 Å². The summed E-state index contributed by atoms with van der Waals surface area (Å²) in [5, 5.41) is 7.01. The average molecular weight is 381 g/mol. The molecular formula is C20H17ClN4O2. The third-order valence-corrected chi connectivity index (χ3v) is 4.07. The zero-order valence-electron chi connectivity index (χ0n) is 14.5. The molecule has 2 amide bonds. The van der Waals surface area contributed by atoms with Crippen molar-refractivity contribution in [2.75, 3.05) is 5.32 Å². The van der Waals surface area contributed by atoms with E-state index < -0.39 is 11.8 Å². The third-order valence-electron chi connectivity index (χ3n) is 3.82. The van der Waals surface area contributed by atoms with Gasteiger partial charge in [-0.3, -0.25) is 9.59 Å². The van der Waals surface area contributed by atoms with Crippen LogP contribution in [0.2, 0.25) is 5.02 Å². The first-order chi connectivity index (χ1) is 13.0. The van der Waals surface area contributed by atoms with Gasteiger partial charge in [0.25, 0.3) is 0 Å². The molecule has 136 valence electrons. The summed E-state index contributed by atoms with van der Waals surface area (Å²) >= 11 is 5.78. The highest BCUT2D eigenvalue weighted by Crippen LogP contribution is 2.13. The van der Waals surface area contributed by atoms with Gasteiger partial charge in [0.2, 0.25) is 0 Å². The molecule has 0 aliphatic heterocycles. The summed E-state index contributed by atoms with van der Waals surface area (Å²) in [5.74, 6) is -1.66. The number of nitrogens with zero attached hydrogens (tertiary/aromatic N) is 2. The van der Waals surface area contributed by atoms with Crippen molar-refractivity contribution >= 4 is 34.8 Å². The number of carbonyl (C=O) groups is 2. The Morgan fingerprint density at radius 1 is 0.926 bits per heavy atom. The topological polar surface area (TPSA) is 75.5 Å². The normalized spacial score (nSPS) is 11.1. The summed E-state index contributed by atoms with van der Waals surface area (Å²) in [6.07, 6.45) is 3.91. The van der Waals surface area contributed by atoms with Crippen LogP contribution in [0.5, 0.6) is 0 Å². The van der Waals surface area contributed by atoms with Crippen molar-refractivity contribution in [2.45, 2.75) is 6.92 Å². The summed E-state index contributed by atoms with van der Waals surface area (Å²) in [5.41, 5.74) is 5.17. The summed E-state index contributed by atoms with van der Waals surface area (Å²) in [7, 11) is 0. The molecule has 6 nitrogen and oxygen atoms in total. The van der Waals surface area contributed by atoms with Crippen LogP contribution < -0.4 is 10.7 Å². The molecule has 0 saturated heterocycles. The second-order valence-corrected chi connectivity index (χ2v) is 6.17. The van der Waals surface area contributed by atoms with Crippen LogP contribution in [-0.2, 0) is 9.59 Å². The summed E-state index contributed by atoms with van der Waals surface area (Å²) in [4.78, 5) is 23.8. The predicted molar refractivity (Wildman–Crippen MR) is 106 cm³/mol. The third kappa shape index (κ3) is 4.83. The minimum Gasteiger partial charge on any atom is -0.324 e. The maximum absolute atomic E-state index is 11.9. The first-order valence-electron chi connectivity index (χ1n) is 8.18. The summed E-state index contributed by atoms with van der Waals surface area (Å²) in [6.45, 7) is 1.75. The number of anilines is 1. The van der Waals surface area contributed by atoms with Gasteiger partial charge in [0.1, 0.15) is 0 Å². The van der Waals surface area contributed by atoms with Crippen molar-refractivity contribution in [1.29, 1.82) is 0 Å². The smallest absolute Gasteiger partial charge is 0.324 e. The second kappa shape index (κ2) is 8.33. The van der Waals surface area contributed by atoms with Crippen LogP contribution in [0.4, 0.5) is 5.69 Å². The number of carbonyl (C=O) groups excluding carboxylic acids is 2. The summed E-state index contributed by atoms with van der Waals surface area (Å²) < 4.78 is 1.99. The van der Waals surface area contributed by atoms with Gasteiger partial charge in [-0.25, -0.2) is 5.43 Å². The van der Waals surface area contributed by atoms with Gasteiger partial charge in [0, 0.05) is 28.8 Å². The van der Waals surface area contributed by atoms with Crippen LogP contribution in [0.1, 0.15) is 12.5 Å². The maximum atomic E-state index is 11.9. The molecule has 3 aromatic rings. The molecule has 0 aliphatic rings. The number of halogens is 1. The Morgan fingerprint density at radius 2 is 1.56 bits per heavy atom. The van der Waals surface area contributed by atoms with Crippen molar-refractivity contribution in [2.24, 2.45) is 5.10 Å². The molecule has 0 unspecified atom stereocenters. The average Bonchev–Trinajstić information content (AvgIpc) is 3.22. The zero-order chi connectivity index (χ0) is 19.2. The molecule has 0 atom stereocenters. The van der Waals surface area contributed by atoms with E-state index in [0.29, 0.717) is 16.4 Å². The molecule has 2 aromatic carbocycles. The van der Waals surface area contributed by atoms with Crippen LogP contribution in [0, 0.1) is 0 Å². The molecule has 1 heterocycles. The minimum absolute atomic E-state index is 0.473. The Balaban J connectivity index is 1.59. The minimum atomic E-state index is -0.853. The Hall–Kier alpha value is -3.38. The number of benzene rings is 2. The van der Waals surface area contributed by atoms with Crippen LogP contribution >= 0.6 is 11.6 Å². The molecule has 0 spiro atoms. The largest absolute Gasteiger partial charge is 0.329 e. The monoisotopic (exact) mass is 380 g/mol. The van der Waals surface area contributed by atoms with Gasteiger partial charge in [-0.15, -0.1) is 0 Å². The Labute approximate surface area is 161 Å². The predicted octanol–water partition coefficient (Wildman–Crippen LogP) is 3.61. The molecule has 27 heavy (non-hydrogen) atoms. The fourth-order valence-electron chi connectivity index (χ4n) is 2.35. The Kier molecular flexibility index (Phi) is 5.68. The molecule has 0 fully saturated rings. The van der Waals surface area contributed by atoms with E-state index in [0.717, 1.165) is 11.3 Å². The van der Waals surface area contributed by atoms with Gasteiger partial charge in [0.15, 0.2) is 0 Å². The lowest BCUT2D eigenvalue weighted by atomic mass is 10.1. The number of aromatic nitrogens is 1. The molecule has 0 radical (unpaired) electrons. The highest BCUT2D eigenvalue weighted by Gasteiger charge is 2.13. The number of hydrazone groups is 1. The van der Waals surface area contributed by atoms with Crippen LogP contribution in [0.15, 0.2) is 78.2 Å². The fraction of sp³-hybridized carbons (Fsp3) is 0.0500.